The van der Waals surface area contributed by atoms with Crippen LogP contribution in [-0.2, 0) is 4.79 Å². The third-order valence-electron chi connectivity index (χ3n) is 5.19. The molecule has 3 aromatic rings. The average molecular weight is 422 g/mol. The highest BCUT2D eigenvalue weighted by atomic mass is 32.2. The number of para-hydroxylation sites is 1. The number of aromatic amines is 1. The summed E-state index contributed by atoms with van der Waals surface area (Å²) >= 11 is 1.23. The van der Waals surface area contributed by atoms with E-state index in [9.17, 15) is 9.59 Å². The van der Waals surface area contributed by atoms with Crippen molar-refractivity contribution in [3.8, 4) is 5.75 Å². The molecule has 0 fully saturated rings. The molecule has 0 atom stereocenters. The van der Waals surface area contributed by atoms with Gasteiger partial charge >= 0.3 is 0 Å². The van der Waals surface area contributed by atoms with Crippen LogP contribution in [0.2, 0.25) is 0 Å². The minimum atomic E-state index is -0.479. The number of carbonyl (C=O) groups is 1. The van der Waals surface area contributed by atoms with Crippen LogP contribution in [0.25, 0.3) is 16.5 Å². The largest absolute Gasteiger partial charge is 0.497 e. The van der Waals surface area contributed by atoms with Crippen LogP contribution in [0.3, 0.4) is 0 Å². The zero-order valence-corrected chi connectivity index (χ0v) is 18.2. The summed E-state index contributed by atoms with van der Waals surface area (Å²) in [6.45, 7) is 6.07. The van der Waals surface area contributed by atoms with Gasteiger partial charge in [0.25, 0.3) is 5.56 Å². The van der Waals surface area contributed by atoms with Crippen molar-refractivity contribution in [2.75, 3.05) is 17.8 Å². The number of fused-ring (bicyclic) bond motifs is 2. The second kappa shape index (κ2) is 7.65. The Hall–Kier alpha value is -3.06. The van der Waals surface area contributed by atoms with Crippen molar-refractivity contribution in [2.24, 2.45) is 0 Å². The lowest BCUT2D eigenvalue weighted by atomic mass is 9.88. The first-order valence-electron chi connectivity index (χ1n) is 9.63. The highest BCUT2D eigenvalue weighted by Crippen LogP contribution is 2.41. The van der Waals surface area contributed by atoms with Crippen LogP contribution in [0.15, 0.2) is 58.5 Å². The second-order valence-corrected chi connectivity index (χ2v) is 8.73. The summed E-state index contributed by atoms with van der Waals surface area (Å²) < 4.78 is 5.35. The van der Waals surface area contributed by atoms with E-state index in [2.05, 4.69) is 16.0 Å². The minimum absolute atomic E-state index is 0.0593. The molecule has 30 heavy (non-hydrogen) atoms. The van der Waals surface area contributed by atoms with Crippen molar-refractivity contribution < 1.29 is 9.53 Å². The Kier molecular flexibility index (Phi) is 5.15. The summed E-state index contributed by atoms with van der Waals surface area (Å²) in [7, 11) is 1.63. The molecule has 0 aliphatic carbocycles. The Morgan fingerprint density at radius 3 is 2.77 bits per heavy atom. The van der Waals surface area contributed by atoms with Crippen molar-refractivity contribution in [3.05, 3.63) is 64.5 Å². The average Bonchev–Trinajstić information content (AvgIpc) is 2.71. The summed E-state index contributed by atoms with van der Waals surface area (Å²) in [4.78, 5) is 34.6. The van der Waals surface area contributed by atoms with Crippen molar-refractivity contribution in [2.45, 2.75) is 31.5 Å². The SMILES string of the molecule is COc1ccc2c(c1)C(C)=CC(C)(C)N2C(=O)CSc1nc2ccccc2c(=O)[nH]1. The highest BCUT2D eigenvalue weighted by molar-refractivity contribution is 7.99. The van der Waals surface area contributed by atoms with E-state index < -0.39 is 5.54 Å². The number of allylic oxidation sites excluding steroid dienone is 1. The molecule has 0 unspecified atom stereocenters. The van der Waals surface area contributed by atoms with Gasteiger partial charge in [0.2, 0.25) is 5.91 Å². The van der Waals surface area contributed by atoms with Gasteiger partial charge < -0.3 is 14.6 Å². The summed E-state index contributed by atoms with van der Waals surface area (Å²) in [5.74, 6) is 0.847. The molecule has 0 saturated heterocycles. The fourth-order valence-electron chi connectivity index (χ4n) is 3.92. The topological polar surface area (TPSA) is 75.3 Å². The Balaban J connectivity index is 1.62. The molecule has 2 aromatic carbocycles. The van der Waals surface area contributed by atoms with E-state index in [4.69, 9.17) is 4.74 Å². The fourth-order valence-corrected chi connectivity index (χ4v) is 4.64. The molecule has 0 radical (unpaired) electrons. The molecule has 7 heteroatoms. The molecule has 6 nitrogen and oxygen atoms in total. The molecule has 1 aromatic heterocycles. The van der Waals surface area contributed by atoms with E-state index >= 15 is 0 Å². The minimum Gasteiger partial charge on any atom is -0.497 e. The number of rotatable bonds is 4. The number of methoxy groups -OCH3 is 1. The molecule has 4 rings (SSSR count). The summed E-state index contributed by atoms with van der Waals surface area (Å²) in [6, 6.07) is 12.9. The van der Waals surface area contributed by atoms with Gasteiger partial charge in [-0.05, 0) is 56.7 Å². The van der Waals surface area contributed by atoms with Gasteiger partial charge in [-0.25, -0.2) is 4.98 Å². The Bertz CT molecular complexity index is 1230. The lowest BCUT2D eigenvalue weighted by Gasteiger charge is -2.41. The van der Waals surface area contributed by atoms with Gasteiger partial charge in [0, 0.05) is 5.56 Å². The maximum atomic E-state index is 13.3. The summed E-state index contributed by atoms with van der Waals surface area (Å²) in [6.07, 6.45) is 2.09. The van der Waals surface area contributed by atoms with E-state index in [-0.39, 0.29) is 17.2 Å². The quantitative estimate of drug-likeness (QED) is 0.503. The number of benzene rings is 2. The zero-order chi connectivity index (χ0) is 21.5. The molecule has 1 aliphatic rings. The van der Waals surface area contributed by atoms with Gasteiger partial charge in [-0.3, -0.25) is 9.59 Å². The Labute approximate surface area is 179 Å². The third-order valence-corrected chi connectivity index (χ3v) is 6.05. The zero-order valence-electron chi connectivity index (χ0n) is 17.4. The highest BCUT2D eigenvalue weighted by Gasteiger charge is 2.35. The molecule has 0 bridgehead atoms. The molecule has 0 saturated carbocycles. The van der Waals surface area contributed by atoms with E-state index in [1.54, 1.807) is 30.2 Å². The van der Waals surface area contributed by atoms with E-state index in [0.29, 0.717) is 16.1 Å². The number of aromatic nitrogens is 2. The number of hydrogen-bond donors (Lipinski definition) is 1. The van der Waals surface area contributed by atoms with Gasteiger partial charge in [0.15, 0.2) is 5.16 Å². The molecular weight excluding hydrogens is 398 g/mol. The molecule has 1 amide bonds. The van der Waals surface area contributed by atoms with Crippen LogP contribution in [0.5, 0.6) is 5.75 Å². The Morgan fingerprint density at radius 2 is 2.00 bits per heavy atom. The summed E-state index contributed by atoms with van der Waals surface area (Å²) in [5.41, 5.74) is 2.87. The molecule has 1 aliphatic heterocycles. The van der Waals surface area contributed by atoms with E-state index in [1.807, 2.05) is 45.0 Å². The molecular formula is C23H23N3O3S. The first-order chi connectivity index (χ1) is 14.3. The first-order valence-corrected chi connectivity index (χ1v) is 10.6. The van der Waals surface area contributed by atoms with Crippen LogP contribution in [-0.4, -0.2) is 34.3 Å². The summed E-state index contributed by atoms with van der Waals surface area (Å²) in [5, 5.41) is 0.970. The number of H-pyrrole nitrogens is 1. The van der Waals surface area contributed by atoms with Crippen LogP contribution in [0, 0.1) is 0 Å². The van der Waals surface area contributed by atoms with Gasteiger partial charge in [-0.2, -0.15) is 0 Å². The number of thioether (sulfide) groups is 1. The normalized spacial score (nSPS) is 14.9. The van der Waals surface area contributed by atoms with Gasteiger partial charge in [0.1, 0.15) is 5.75 Å². The predicted molar refractivity (Wildman–Crippen MR) is 121 cm³/mol. The van der Waals surface area contributed by atoms with Crippen LogP contribution < -0.4 is 15.2 Å². The number of anilines is 1. The number of hydrogen-bond acceptors (Lipinski definition) is 5. The van der Waals surface area contributed by atoms with Gasteiger partial charge in [-0.1, -0.05) is 30.0 Å². The molecule has 2 heterocycles. The first kappa shape index (κ1) is 20.2. The molecule has 0 spiro atoms. The van der Waals surface area contributed by atoms with Crippen LogP contribution in [0.1, 0.15) is 26.3 Å². The number of amides is 1. The maximum Gasteiger partial charge on any atom is 0.259 e. The van der Waals surface area contributed by atoms with E-state index in [0.717, 1.165) is 22.6 Å². The van der Waals surface area contributed by atoms with Crippen LogP contribution in [0.4, 0.5) is 5.69 Å². The maximum absolute atomic E-state index is 13.3. The molecule has 1 N–H and O–H groups in total. The number of ether oxygens (including phenoxy) is 1. The monoisotopic (exact) mass is 421 g/mol. The predicted octanol–water partition coefficient (Wildman–Crippen LogP) is 4.25. The third kappa shape index (κ3) is 3.61. The van der Waals surface area contributed by atoms with Gasteiger partial charge in [0.05, 0.1) is 35.0 Å². The van der Waals surface area contributed by atoms with E-state index in [1.165, 1.54) is 11.8 Å². The van der Waals surface area contributed by atoms with Crippen molar-refractivity contribution in [1.29, 1.82) is 0 Å². The number of carbonyl (C=O) groups excluding carboxylic acids is 1. The van der Waals surface area contributed by atoms with Crippen molar-refractivity contribution in [1.82, 2.24) is 9.97 Å². The Morgan fingerprint density at radius 1 is 1.23 bits per heavy atom. The lowest BCUT2D eigenvalue weighted by molar-refractivity contribution is -0.116. The van der Waals surface area contributed by atoms with Crippen molar-refractivity contribution >= 4 is 39.8 Å². The second-order valence-electron chi connectivity index (χ2n) is 7.77. The van der Waals surface area contributed by atoms with Crippen LogP contribution >= 0.6 is 11.8 Å². The smallest absolute Gasteiger partial charge is 0.259 e. The lowest BCUT2D eigenvalue weighted by Crippen LogP contribution is -2.49. The number of nitrogens with one attached hydrogen (secondary N) is 1. The fraction of sp³-hybridized carbons (Fsp3) is 0.261. The van der Waals surface area contributed by atoms with Crippen molar-refractivity contribution in [3.63, 3.8) is 0 Å². The standard InChI is InChI=1S/C23H23N3O3S/c1-14-12-23(2,3)26(19-10-9-15(29-4)11-17(14)19)20(27)13-30-22-24-18-8-6-5-7-16(18)21(28)25-22/h5-12H,13H2,1-4H3,(H,24,25,28). The van der Waals surface area contributed by atoms with Gasteiger partial charge in [-0.15, -0.1) is 0 Å². The number of nitrogens with zero attached hydrogens (tertiary/aromatic N) is 2. The molecule has 154 valence electrons.